The Balaban J connectivity index is 1.34. The van der Waals surface area contributed by atoms with Gasteiger partial charge in [-0.15, -0.1) is 10.2 Å². The van der Waals surface area contributed by atoms with Crippen LogP contribution in [0.5, 0.6) is 0 Å². The van der Waals surface area contributed by atoms with Crippen molar-refractivity contribution in [3.63, 3.8) is 0 Å². The monoisotopic (exact) mass is 389 g/mol. The Labute approximate surface area is 168 Å². The normalized spacial score (nSPS) is 15.9. The summed E-state index contributed by atoms with van der Waals surface area (Å²) in [7, 11) is 0. The van der Waals surface area contributed by atoms with E-state index >= 15 is 0 Å². The van der Waals surface area contributed by atoms with Crippen molar-refractivity contribution in [2.24, 2.45) is 0 Å². The number of piperidine rings is 1. The van der Waals surface area contributed by atoms with E-state index in [1.165, 1.54) is 5.56 Å². The number of hydrogen-bond acceptors (Lipinski definition) is 7. The molecule has 0 spiro atoms. The molecule has 8 nitrogen and oxygen atoms in total. The summed E-state index contributed by atoms with van der Waals surface area (Å²) in [5, 5.41) is 17.7. The minimum absolute atomic E-state index is 0.350. The van der Waals surface area contributed by atoms with E-state index < -0.39 is 0 Å². The molecule has 8 heteroatoms. The summed E-state index contributed by atoms with van der Waals surface area (Å²) in [4.78, 5) is 6.65. The molecule has 0 amide bonds. The van der Waals surface area contributed by atoms with E-state index in [9.17, 15) is 0 Å². The van der Waals surface area contributed by atoms with E-state index in [0.717, 1.165) is 66.7 Å². The van der Waals surface area contributed by atoms with Gasteiger partial charge in [0.15, 0.2) is 11.5 Å². The average molecular weight is 389 g/mol. The molecule has 1 aliphatic rings. The Morgan fingerprint density at radius 1 is 1.10 bits per heavy atom. The third-order valence-corrected chi connectivity index (χ3v) is 5.76. The second kappa shape index (κ2) is 7.36. The molecule has 1 aliphatic heterocycles. The minimum Gasteiger partial charge on any atom is -0.361 e. The van der Waals surface area contributed by atoms with Crippen molar-refractivity contribution >= 4 is 5.65 Å². The van der Waals surface area contributed by atoms with Crippen LogP contribution in [0.3, 0.4) is 0 Å². The maximum Gasteiger partial charge on any atom is 0.177 e. The Bertz CT molecular complexity index is 1110. The molecule has 0 radical (unpaired) electrons. The maximum absolute atomic E-state index is 5.30. The van der Waals surface area contributed by atoms with Gasteiger partial charge in [0, 0.05) is 36.0 Å². The summed E-state index contributed by atoms with van der Waals surface area (Å²) in [5.74, 6) is 2.21. The zero-order chi connectivity index (χ0) is 19.8. The molecular formula is C21H23N7O. The van der Waals surface area contributed by atoms with Crippen molar-refractivity contribution in [2.75, 3.05) is 13.1 Å². The molecule has 5 rings (SSSR count). The van der Waals surface area contributed by atoms with Crippen molar-refractivity contribution in [3.8, 4) is 11.3 Å². The van der Waals surface area contributed by atoms with E-state index in [1.54, 1.807) is 6.20 Å². The Morgan fingerprint density at radius 2 is 1.97 bits per heavy atom. The van der Waals surface area contributed by atoms with Gasteiger partial charge in [0.25, 0.3) is 0 Å². The van der Waals surface area contributed by atoms with Crippen LogP contribution in [0.2, 0.25) is 0 Å². The third kappa shape index (κ3) is 3.40. The number of nitrogens with zero attached hydrogens (tertiary/aromatic N) is 7. The number of fused-ring (bicyclic) bond motifs is 1. The lowest BCUT2D eigenvalue weighted by Crippen LogP contribution is -2.33. The van der Waals surface area contributed by atoms with E-state index in [1.807, 2.05) is 48.8 Å². The first-order chi connectivity index (χ1) is 14.2. The summed E-state index contributed by atoms with van der Waals surface area (Å²) in [5.41, 5.74) is 4.84. The van der Waals surface area contributed by atoms with Crippen LogP contribution in [0, 0.1) is 13.8 Å². The highest BCUT2D eigenvalue weighted by atomic mass is 16.5. The second-order valence-electron chi connectivity index (χ2n) is 7.64. The average Bonchev–Trinajstić information content (AvgIpc) is 3.33. The van der Waals surface area contributed by atoms with Gasteiger partial charge in [-0.25, -0.2) is 0 Å². The van der Waals surface area contributed by atoms with Crippen LogP contribution in [-0.4, -0.2) is 47.9 Å². The molecule has 0 N–H and O–H groups in total. The van der Waals surface area contributed by atoms with Gasteiger partial charge >= 0.3 is 0 Å². The van der Waals surface area contributed by atoms with Gasteiger partial charge in [0.05, 0.1) is 11.4 Å². The summed E-state index contributed by atoms with van der Waals surface area (Å²) in [6.07, 6.45) is 5.65. The fourth-order valence-electron chi connectivity index (χ4n) is 4.03. The topological polar surface area (TPSA) is 85.2 Å². The molecule has 148 valence electrons. The largest absolute Gasteiger partial charge is 0.361 e. The second-order valence-corrected chi connectivity index (χ2v) is 7.64. The summed E-state index contributed by atoms with van der Waals surface area (Å²) < 4.78 is 7.20. The lowest BCUT2D eigenvalue weighted by molar-refractivity contribution is 0.199. The SMILES string of the molecule is Cc1noc(C)c1CN1CCC(c2nnc3ccc(-c4cccnc4)nn23)CC1. The molecule has 29 heavy (non-hydrogen) atoms. The van der Waals surface area contributed by atoms with Gasteiger partial charge in [-0.3, -0.25) is 9.88 Å². The zero-order valence-corrected chi connectivity index (χ0v) is 16.6. The Morgan fingerprint density at radius 3 is 2.69 bits per heavy atom. The standard InChI is InChI=1S/C21H23N7O/c1-14-18(15(2)29-26-14)13-27-10-7-16(8-11-27)21-24-23-20-6-5-19(25-28(20)21)17-4-3-9-22-12-17/h3-6,9,12,16H,7-8,10-11,13H2,1-2H3. The van der Waals surface area contributed by atoms with Crippen LogP contribution in [0.4, 0.5) is 0 Å². The number of pyridine rings is 1. The van der Waals surface area contributed by atoms with Crippen molar-refractivity contribution in [1.82, 2.24) is 34.9 Å². The van der Waals surface area contributed by atoms with E-state index in [4.69, 9.17) is 9.62 Å². The summed E-state index contributed by atoms with van der Waals surface area (Å²) >= 11 is 0. The predicted molar refractivity (Wildman–Crippen MR) is 107 cm³/mol. The molecule has 4 aromatic rings. The van der Waals surface area contributed by atoms with Crippen molar-refractivity contribution in [1.29, 1.82) is 0 Å². The van der Waals surface area contributed by atoms with Crippen LogP contribution < -0.4 is 0 Å². The minimum atomic E-state index is 0.350. The number of hydrogen-bond donors (Lipinski definition) is 0. The highest BCUT2D eigenvalue weighted by molar-refractivity contribution is 5.58. The predicted octanol–water partition coefficient (Wildman–Crippen LogP) is 3.17. The molecule has 0 aromatic carbocycles. The highest BCUT2D eigenvalue weighted by Gasteiger charge is 2.26. The molecule has 0 atom stereocenters. The fraction of sp³-hybridized carbons (Fsp3) is 0.381. The molecule has 0 bridgehead atoms. The summed E-state index contributed by atoms with van der Waals surface area (Å²) in [6, 6.07) is 7.87. The number of rotatable bonds is 4. The van der Waals surface area contributed by atoms with Gasteiger partial charge in [0.2, 0.25) is 0 Å². The lowest BCUT2D eigenvalue weighted by atomic mass is 9.95. The molecular weight excluding hydrogens is 366 g/mol. The molecule has 0 unspecified atom stereocenters. The van der Waals surface area contributed by atoms with E-state index in [0.29, 0.717) is 5.92 Å². The van der Waals surface area contributed by atoms with E-state index in [-0.39, 0.29) is 0 Å². The Kier molecular flexibility index (Phi) is 4.55. The molecule has 1 fully saturated rings. The van der Waals surface area contributed by atoms with Gasteiger partial charge in [-0.05, 0) is 64.0 Å². The van der Waals surface area contributed by atoms with Crippen LogP contribution in [0.1, 0.15) is 41.6 Å². The molecule has 5 heterocycles. The molecule has 4 aromatic heterocycles. The molecule has 1 saturated heterocycles. The Hall–Kier alpha value is -3.13. The fourth-order valence-corrected chi connectivity index (χ4v) is 4.03. The zero-order valence-electron chi connectivity index (χ0n) is 16.6. The van der Waals surface area contributed by atoms with Crippen molar-refractivity contribution < 1.29 is 4.52 Å². The summed E-state index contributed by atoms with van der Waals surface area (Å²) in [6.45, 7) is 6.89. The van der Waals surface area contributed by atoms with Gasteiger partial charge < -0.3 is 4.52 Å². The number of aromatic nitrogens is 6. The number of aryl methyl sites for hydroxylation is 2. The lowest BCUT2D eigenvalue weighted by Gasteiger charge is -2.30. The van der Waals surface area contributed by atoms with Crippen molar-refractivity contribution in [3.05, 3.63) is 59.5 Å². The van der Waals surface area contributed by atoms with Gasteiger partial charge in [0.1, 0.15) is 5.76 Å². The first kappa shape index (κ1) is 17.9. The van der Waals surface area contributed by atoms with Crippen molar-refractivity contribution in [2.45, 2.75) is 39.2 Å². The first-order valence-corrected chi connectivity index (χ1v) is 9.96. The molecule has 0 aliphatic carbocycles. The van der Waals surface area contributed by atoms with Crippen LogP contribution >= 0.6 is 0 Å². The molecule has 0 saturated carbocycles. The van der Waals surface area contributed by atoms with Gasteiger partial charge in [-0.2, -0.15) is 9.61 Å². The first-order valence-electron chi connectivity index (χ1n) is 9.96. The van der Waals surface area contributed by atoms with E-state index in [2.05, 4.69) is 25.2 Å². The maximum atomic E-state index is 5.30. The van der Waals surface area contributed by atoms with Gasteiger partial charge in [-0.1, -0.05) is 5.16 Å². The quantitative estimate of drug-likeness (QED) is 0.530. The van der Waals surface area contributed by atoms with Crippen LogP contribution in [0.15, 0.2) is 41.2 Å². The number of likely N-dealkylation sites (tertiary alicyclic amines) is 1. The van der Waals surface area contributed by atoms with Crippen LogP contribution in [-0.2, 0) is 6.54 Å². The van der Waals surface area contributed by atoms with Crippen LogP contribution in [0.25, 0.3) is 16.9 Å². The highest BCUT2D eigenvalue weighted by Crippen LogP contribution is 2.29. The third-order valence-electron chi connectivity index (χ3n) is 5.76. The smallest absolute Gasteiger partial charge is 0.177 e.